The van der Waals surface area contributed by atoms with Gasteiger partial charge in [0.2, 0.25) is 11.8 Å². The summed E-state index contributed by atoms with van der Waals surface area (Å²) in [5.74, 6) is -2.01. The zero-order valence-corrected chi connectivity index (χ0v) is 27.7. The summed E-state index contributed by atoms with van der Waals surface area (Å²) in [5.41, 5.74) is 1.47. The molecule has 3 saturated heterocycles. The van der Waals surface area contributed by atoms with Gasteiger partial charge in [-0.25, -0.2) is 0 Å². The van der Waals surface area contributed by atoms with Gasteiger partial charge in [-0.15, -0.1) is 24.9 Å². The molecule has 0 radical (unpaired) electrons. The maximum Gasteiger partial charge on any atom is 0.251 e. The SMILES string of the molecule is C=CCN(C(=O)C1N([C@@H](CO)C(C)C)C(=O)[C@@H]2[C@@H](C(=O)N(CC=C)c3ccccc3)[C@@]3(C)CCC12S3)c1ccc2ccccc2c1. The first kappa shape index (κ1) is 32.1. The summed E-state index contributed by atoms with van der Waals surface area (Å²) < 4.78 is -1.35. The van der Waals surface area contributed by atoms with Crippen LogP contribution < -0.4 is 9.80 Å². The minimum atomic E-state index is -0.856. The highest BCUT2D eigenvalue weighted by Crippen LogP contribution is 2.72. The summed E-state index contributed by atoms with van der Waals surface area (Å²) in [6.45, 7) is 14.2. The maximum absolute atomic E-state index is 15.1. The minimum absolute atomic E-state index is 0.110. The number of rotatable bonds is 11. The second-order valence-corrected chi connectivity index (χ2v) is 15.2. The van der Waals surface area contributed by atoms with Gasteiger partial charge in [0, 0.05) is 29.2 Å². The van der Waals surface area contributed by atoms with Gasteiger partial charge in [-0.2, -0.15) is 0 Å². The fourth-order valence-electron chi connectivity index (χ4n) is 8.17. The van der Waals surface area contributed by atoms with Crippen molar-refractivity contribution in [3.8, 4) is 0 Å². The van der Waals surface area contributed by atoms with Crippen molar-refractivity contribution in [3.05, 3.63) is 98.1 Å². The molecular formula is C38H43N3O4S. The van der Waals surface area contributed by atoms with Crippen LogP contribution in [0.25, 0.3) is 10.8 Å². The molecule has 7 nitrogen and oxygen atoms in total. The Hall–Kier alpha value is -3.88. The van der Waals surface area contributed by atoms with Crippen LogP contribution in [0.5, 0.6) is 0 Å². The molecule has 3 aliphatic heterocycles. The number of thioether (sulfide) groups is 1. The van der Waals surface area contributed by atoms with Gasteiger partial charge in [-0.1, -0.05) is 74.5 Å². The molecule has 0 aromatic heterocycles. The first-order valence-corrected chi connectivity index (χ1v) is 16.9. The van der Waals surface area contributed by atoms with Gasteiger partial charge < -0.3 is 19.8 Å². The molecule has 1 N–H and O–H groups in total. The van der Waals surface area contributed by atoms with Crippen LogP contribution in [-0.4, -0.2) is 69.0 Å². The highest BCUT2D eigenvalue weighted by molar-refractivity contribution is 8.02. The van der Waals surface area contributed by atoms with Gasteiger partial charge in [-0.3, -0.25) is 14.4 Å². The van der Waals surface area contributed by atoms with Crippen LogP contribution in [0, 0.1) is 17.8 Å². The topological polar surface area (TPSA) is 81.2 Å². The molecule has 3 aliphatic rings. The smallest absolute Gasteiger partial charge is 0.251 e. The zero-order valence-electron chi connectivity index (χ0n) is 26.8. The Bertz CT molecular complexity index is 1680. The van der Waals surface area contributed by atoms with Crippen molar-refractivity contribution in [2.45, 2.75) is 55.2 Å². The molecule has 3 heterocycles. The average molecular weight is 638 g/mol. The molecule has 8 heteroatoms. The Balaban J connectivity index is 1.47. The number of fused-ring (bicyclic) bond motifs is 2. The molecule has 3 fully saturated rings. The molecule has 240 valence electrons. The number of hydrogen-bond donors (Lipinski definition) is 1. The molecular weight excluding hydrogens is 595 g/mol. The van der Waals surface area contributed by atoms with Crippen LogP contribution in [-0.2, 0) is 14.4 Å². The van der Waals surface area contributed by atoms with E-state index >= 15 is 4.79 Å². The Morgan fingerprint density at radius 2 is 1.57 bits per heavy atom. The Labute approximate surface area is 275 Å². The van der Waals surface area contributed by atoms with Crippen LogP contribution >= 0.6 is 11.8 Å². The van der Waals surface area contributed by atoms with Gasteiger partial charge in [0.25, 0.3) is 5.91 Å². The van der Waals surface area contributed by atoms with Gasteiger partial charge in [0.1, 0.15) is 6.04 Å². The summed E-state index contributed by atoms with van der Waals surface area (Å²) >= 11 is 1.64. The van der Waals surface area contributed by atoms with E-state index in [1.807, 2.05) is 86.6 Å². The van der Waals surface area contributed by atoms with E-state index in [1.165, 1.54) is 0 Å². The van der Waals surface area contributed by atoms with Crippen molar-refractivity contribution in [1.29, 1.82) is 0 Å². The molecule has 6 rings (SSSR count). The summed E-state index contributed by atoms with van der Waals surface area (Å²) in [7, 11) is 0. The third-order valence-electron chi connectivity index (χ3n) is 10.3. The lowest BCUT2D eigenvalue weighted by molar-refractivity contribution is -0.143. The van der Waals surface area contributed by atoms with Crippen molar-refractivity contribution >= 4 is 51.6 Å². The Morgan fingerprint density at radius 1 is 0.935 bits per heavy atom. The number of nitrogens with zero attached hydrogens (tertiary/aromatic N) is 3. The maximum atomic E-state index is 15.1. The summed E-state index contributed by atoms with van der Waals surface area (Å²) in [6.07, 6.45) is 4.74. The van der Waals surface area contributed by atoms with Crippen molar-refractivity contribution in [2.24, 2.45) is 17.8 Å². The fraction of sp³-hybridized carbons (Fsp3) is 0.395. The molecule has 3 aromatic carbocycles. The summed E-state index contributed by atoms with van der Waals surface area (Å²) in [6, 6.07) is 22.0. The molecule has 0 saturated carbocycles. The largest absolute Gasteiger partial charge is 0.394 e. The van der Waals surface area contributed by atoms with Gasteiger partial charge >= 0.3 is 0 Å². The van der Waals surface area contributed by atoms with Crippen molar-refractivity contribution in [3.63, 3.8) is 0 Å². The van der Waals surface area contributed by atoms with E-state index in [9.17, 15) is 14.7 Å². The first-order valence-electron chi connectivity index (χ1n) is 16.1. The van der Waals surface area contributed by atoms with E-state index in [-0.39, 0.29) is 36.8 Å². The number of hydrogen-bond acceptors (Lipinski definition) is 5. The summed E-state index contributed by atoms with van der Waals surface area (Å²) in [4.78, 5) is 49.8. The number of anilines is 2. The Kier molecular flexibility index (Phi) is 8.63. The number of amides is 3. The predicted molar refractivity (Wildman–Crippen MR) is 187 cm³/mol. The van der Waals surface area contributed by atoms with Crippen LogP contribution in [0.3, 0.4) is 0 Å². The van der Waals surface area contributed by atoms with Crippen molar-refractivity contribution < 1.29 is 19.5 Å². The number of likely N-dealkylation sites (tertiary alicyclic amines) is 1. The highest BCUT2D eigenvalue weighted by Gasteiger charge is 2.78. The van der Waals surface area contributed by atoms with E-state index < -0.39 is 33.4 Å². The quantitative estimate of drug-likeness (QED) is 0.258. The van der Waals surface area contributed by atoms with Crippen LogP contribution in [0.2, 0.25) is 0 Å². The molecule has 3 aromatic rings. The molecule has 2 unspecified atom stereocenters. The summed E-state index contributed by atoms with van der Waals surface area (Å²) in [5, 5.41) is 12.8. The van der Waals surface area contributed by atoms with E-state index in [4.69, 9.17) is 0 Å². The van der Waals surface area contributed by atoms with Gasteiger partial charge in [0.05, 0.1) is 29.2 Å². The lowest BCUT2D eigenvalue weighted by Crippen LogP contribution is -2.58. The predicted octanol–water partition coefficient (Wildman–Crippen LogP) is 6.08. The average Bonchev–Trinajstić information content (AvgIpc) is 3.63. The molecule has 0 aliphatic carbocycles. The number of aliphatic hydroxyl groups excluding tert-OH is 1. The third kappa shape index (κ3) is 4.97. The third-order valence-corrected chi connectivity index (χ3v) is 12.3. The zero-order chi connectivity index (χ0) is 32.8. The van der Waals surface area contributed by atoms with Gasteiger partial charge in [-0.05, 0) is 60.7 Å². The second-order valence-electron chi connectivity index (χ2n) is 13.3. The highest BCUT2D eigenvalue weighted by atomic mass is 32.2. The van der Waals surface area contributed by atoms with Crippen LogP contribution in [0.1, 0.15) is 33.6 Å². The molecule has 1 spiro atoms. The number of carbonyl (C=O) groups excluding carboxylic acids is 3. The number of benzene rings is 3. The lowest BCUT2D eigenvalue weighted by Gasteiger charge is -2.40. The normalized spacial score (nSPS) is 27.1. The van der Waals surface area contributed by atoms with E-state index in [2.05, 4.69) is 20.1 Å². The molecule has 6 atom stereocenters. The van der Waals surface area contributed by atoms with Crippen molar-refractivity contribution in [2.75, 3.05) is 29.5 Å². The number of carbonyl (C=O) groups is 3. The molecule has 46 heavy (non-hydrogen) atoms. The number of para-hydroxylation sites is 1. The second kappa shape index (κ2) is 12.4. The minimum Gasteiger partial charge on any atom is -0.394 e. The van der Waals surface area contributed by atoms with Crippen molar-refractivity contribution in [1.82, 2.24) is 4.90 Å². The van der Waals surface area contributed by atoms with Gasteiger partial charge in [0.15, 0.2) is 0 Å². The van der Waals surface area contributed by atoms with Crippen LogP contribution in [0.15, 0.2) is 98.1 Å². The number of aliphatic hydroxyl groups is 1. The lowest BCUT2D eigenvalue weighted by atomic mass is 9.66. The molecule has 3 amide bonds. The Morgan fingerprint density at radius 3 is 2.20 bits per heavy atom. The van der Waals surface area contributed by atoms with E-state index in [1.54, 1.807) is 38.6 Å². The molecule has 2 bridgehead atoms. The monoisotopic (exact) mass is 637 g/mol. The standard InChI is InChI=1S/C38H43N3O4S/c1-6-21-39(28-15-9-8-10-16-28)34(43)31-32-35(44)41(30(24-42)25(3)4)33(38(32)20-19-37(31,5)46-38)36(45)40(22-7-2)29-18-17-26-13-11-12-14-27(26)23-29/h6-18,23,25,30-33,42H,1-2,19-22,24H2,3-5H3/t30-,31-,32-,33?,37+,38?/m0/s1. The van der Waals surface area contributed by atoms with Crippen LogP contribution in [0.4, 0.5) is 11.4 Å². The van der Waals surface area contributed by atoms with E-state index in [0.29, 0.717) is 19.4 Å². The fourth-order valence-corrected chi connectivity index (χ4v) is 10.5. The van der Waals surface area contributed by atoms with E-state index in [0.717, 1.165) is 22.1 Å². The first-order chi connectivity index (χ1) is 22.1.